The van der Waals surface area contributed by atoms with E-state index < -0.39 is 11.8 Å². The second kappa shape index (κ2) is 4.41. The van der Waals surface area contributed by atoms with Crippen molar-refractivity contribution in [2.75, 3.05) is 14.2 Å². The van der Waals surface area contributed by atoms with Crippen molar-refractivity contribution in [1.29, 1.82) is 0 Å². The number of halogens is 2. The Labute approximate surface area is 88.9 Å². The van der Waals surface area contributed by atoms with E-state index in [4.69, 9.17) is 4.74 Å². The average Bonchev–Trinajstić information content (AvgIpc) is 2.17. The first-order chi connectivity index (χ1) is 6.60. The normalized spacial score (nSPS) is 9.71. The molecule has 0 saturated heterocycles. The summed E-state index contributed by atoms with van der Waals surface area (Å²) >= 11 is 3.10. The molecule has 0 amide bonds. The van der Waals surface area contributed by atoms with Gasteiger partial charge in [0.1, 0.15) is 11.6 Å². The van der Waals surface area contributed by atoms with Crippen molar-refractivity contribution < 1.29 is 18.7 Å². The topological polar surface area (TPSA) is 35.5 Å². The zero-order chi connectivity index (χ0) is 10.7. The van der Waals surface area contributed by atoms with Crippen molar-refractivity contribution in [2.24, 2.45) is 0 Å². The summed E-state index contributed by atoms with van der Waals surface area (Å²) in [6.07, 6.45) is 0. The molecule has 0 saturated carbocycles. The van der Waals surface area contributed by atoms with Crippen LogP contribution in [-0.2, 0) is 4.74 Å². The van der Waals surface area contributed by atoms with E-state index in [9.17, 15) is 9.18 Å². The van der Waals surface area contributed by atoms with E-state index in [1.807, 2.05) is 0 Å². The number of esters is 1. The Morgan fingerprint density at radius 3 is 2.57 bits per heavy atom. The van der Waals surface area contributed by atoms with Crippen molar-refractivity contribution in [3.05, 3.63) is 28.0 Å². The predicted molar refractivity (Wildman–Crippen MR) is 52.0 cm³/mol. The Kier molecular flexibility index (Phi) is 3.46. The van der Waals surface area contributed by atoms with Gasteiger partial charge in [-0.25, -0.2) is 9.18 Å². The third kappa shape index (κ3) is 2.04. The van der Waals surface area contributed by atoms with Gasteiger partial charge in [-0.2, -0.15) is 0 Å². The summed E-state index contributed by atoms with van der Waals surface area (Å²) in [5.74, 6) is -0.996. The van der Waals surface area contributed by atoms with Gasteiger partial charge in [-0.15, -0.1) is 0 Å². The molecule has 0 heterocycles. The monoisotopic (exact) mass is 262 g/mol. The van der Waals surface area contributed by atoms with Crippen LogP contribution in [0.1, 0.15) is 10.4 Å². The number of ether oxygens (including phenoxy) is 2. The summed E-state index contributed by atoms with van der Waals surface area (Å²) in [5.41, 5.74) is -0.146. The van der Waals surface area contributed by atoms with Crippen LogP contribution in [0.15, 0.2) is 16.6 Å². The maximum absolute atomic E-state index is 13.2. The van der Waals surface area contributed by atoms with Crippen LogP contribution in [0.25, 0.3) is 0 Å². The second-order valence-corrected chi connectivity index (χ2v) is 3.31. The van der Waals surface area contributed by atoms with E-state index in [1.165, 1.54) is 20.3 Å². The van der Waals surface area contributed by atoms with Crippen molar-refractivity contribution in [2.45, 2.75) is 0 Å². The smallest absolute Gasteiger partial charge is 0.340 e. The van der Waals surface area contributed by atoms with E-state index in [-0.39, 0.29) is 5.56 Å². The van der Waals surface area contributed by atoms with E-state index in [0.29, 0.717) is 10.2 Å². The lowest BCUT2D eigenvalue weighted by molar-refractivity contribution is 0.0595. The zero-order valence-corrected chi connectivity index (χ0v) is 9.22. The largest absolute Gasteiger partial charge is 0.496 e. The number of hydrogen-bond donors (Lipinski definition) is 0. The molecule has 1 aromatic rings. The first-order valence-corrected chi connectivity index (χ1v) is 4.50. The van der Waals surface area contributed by atoms with Crippen molar-refractivity contribution >= 4 is 21.9 Å². The molecule has 1 rings (SSSR count). The quantitative estimate of drug-likeness (QED) is 0.768. The predicted octanol–water partition coefficient (Wildman–Crippen LogP) is 2.38. The molecule has 0 fully saturated rings. The minimum absolute atomic E-state index is 0.146. The van der Waals surface area contributed by atoms with Gasteiger partial charge >= 0.3 is 5.97 Å². The standard InChI is InChI=1S/C9H8BrFO3/c1-13-8-3-5(9(12)14-2)7(11)4-6(8)10/h3-4H,1-2H3. The molecule has 76 valence electrons. The Hall–Kier alpha value is -1.10. The molecule has 0 unspecified atom stereocenters. The van der Waals surface area contributed by atoms with Crippen LogP contribution in [0.5, 0.6) is 5.75 Å². The van der Waals surface area contributed by atoms with Crippen LogP contribution < -0.4 is 4.74 Å². The molecule has 0 atom stereocenters. The number of carbonyl (C=O) groups excluding carboxylic acids is 1. The molecule has 0 radical (unpaired) electrons. The highest BCUT2D eigenvalue weighted by molar-refractivity contribution is 9.10. The van der Waals surface area contributed by atoms with E-state index in [1.54, 1.807) is 0 Å². The molecule has 0 aliphatic rings. The minimum Gasteiger partial charge on any atom is -0.496 e. The lowest BCUT2D eigenvalue weighted by Gasteiger charge is -2.06. The highest BCUT2D eigenvalue weighted by Gasteiger charge is 2.15. The Morgan fingerprint density at radius 1 is 1.43 bits per heavy atom. The second-order valence-electron chi connectivity index (χ2n) is 2.46. The Bertz CT molecular complexity index is 365. The van der Waals surface area contributed by atoms with Crippen LogP contribution in [0.2, 0.25) is 0 Å². The first kappa shape index (κ1) is 11.0. The van der Waals surface area contributed by atoms with Gasteiger partial charge in [-0.05, 0) is 28.1 Å². The van der Waals surface area contributed by atoms with E-state index in [2.05, 4.69) is 20.7 Å². The van der Waals surface area contributed by atoms with Gasteiger partial charge < -0.3 is 9.47 Å². The van der Waals surface area contributed by atoms with Crippen LogP contribution >= 0.6 is 15.9 Å². The summed E-state index contributed by atoms with van der Waals surface area (Å²) < 4.78 is 23.0. The Balaban J connectivity index is 3.24. The maximum Gasteiger partial charge on any atom is 0.340 e. The van der Waals surface area contributed by atoms with Gasteiger partial charge in [0.25, 0.3) is 0 Å². The molecule has 0 N–H and O–H groups in total. The van der Waals surface area contributed by atoms with Crippen LogP contribution in [0.4, 0.5) is 4.39 Å². The third-order valence-corrected chi connectivity index (χ3v) is 2.27. The Morgan fingerprint density at radius 2 is 2.07 bits per heavy atom. The fourth-order valence-electron chi connectivity index (χ4n) is 0.952. The lowest BCUT2D eigenvalue weighted by atomic mass is 10.2. The van der Waals surface area contributed by atoms with Crippen LogP contribution in [0.3, 0.4) is 0 Å². The molecule has 0 bridgehead atoms. The number of hydrogen-bond acceptors (Lipinski definition) is 3. The summed E-state index contributed by atoms with van der Waals surface area (Å²) in [7, 11) is 2.62. The fourth-order valence-corrected chi connectivity index (χ4v) is 1.43. The highest BCUT2D eigenvalue weighted by atomic mass is 79.9. The molecular formula is C9H8BrFO3. The molecule has 0 aliphatic heterocycles. The fraction of sp³-hybridized carbons (Fsp3) is 0.222. The molecule has 0 aliphatic carbocycles. The van der Waals surface area contributed by atoms with Gasteiger partial charge in [0.15, 0.2) is 0 Å². The summed E-state index contributed by atoms with van der Waals surface area (Å²) in [4.78, 5) is 11.1. The summed E-state index contributed by atoms with van der Waals surface area (Å²) in [6.45, 7) is 0. The molecule has 0 aromatic heterocycles. The molecule has 0 spiro atoms. The van der Waals surface area contributed by atoms with E-state index >= 15 is 0 Å². The zero-order valence-electron chi connectivity index (χ0n) is 7.64. The minimum atomic E-state index is -0.728. The number of carbonyl (C=O) groups is 1. The highest BCUT2D eigenvalue weighted by Crippen LogP contribution is 2.28. The van der Waals surface area contributed by atoms with Crippen molar-refractivity contribution in [3.8, 4) is 5.75 Å². The van der Waals surface area contributed by atoms with Gasteiger partial charge in [-0.3, -0.25) is 0 Å². The number of methoxy groups -OCH3 is 2. The van der Waals surface area contributed by atoms with Crippen molar-refractivity contribution in [3.63, 3.8) is 0 Å². The number of rotatable bonds is 2. The van der Waals surface area contributed by atoms with E-state index in [0.717, 1.165) is 6.07 Å². The lowest BCUT2D eigenvalue weighted by Crippen LogP contribution is -2.05. The third-order valence-electron chi connectivity index (χ3n) is 1.65. The summed E-state index contributed by atoms with van der Waals surface area (Å²) in [6, 6.07) is 2.44. The van der Waals surface area contributed by atoms with Gasteiger partial charge in [-0.1, -0.05) is 0 Å². The van der Waals surface area contributed by atoms with Crippen LogP contribution in [-0.4, -0.2) is 20.2 Å². The summed E-state index contributed by atoms with van der Waals surface area (Å²) in [5, 5.41) is 0. The van der Waals surface area contributed by atoms with Crippen LogP contribution in [0, 0.1) is 5.82 Å². The van der Waals surface area contributed by atoms with Gasteiger partial charge in [0, 0.05) is 0 Å². The molecule has 1 aromatic carbocycles. The molecule has 14 heavy (non-hydrogen) atoms. The van der Waals surface area contributed by atoms with Gasteiger partial charge in [0.05, 0.1) is 24.3 Å². The first-order valence-electron chi connectivity index (χ1n) is 3.71. The molecule has 5 heteroatoms. The van der Waals surface area contributed by atoms with Crippen molar-refractivity contribution in [1.82, 2.24) is 0 Å². The maximum atomic E-state index is 13.2. The SMILES string of the molecule is COC(=O)c1cc(OC)c(Br)cc1F. The van der Waals surface area contributed by atoms with Gasteiger partial charge in [0.2, 0.25) is 0 Å². The average molecular weight is 263 g/mol. The molecule has 3 nitrogen and oxygen atoms in total. The number of benzene rings is 1. The molecular weight excluding hydrogens is 255 g/mol.